The normalized spacial score (nSPS) is 10.5. The highest BCUT2D eigenvalue weighted by Crippen LogP contribution is 2.32. The fourth-order valence-corrected chi connectivity index (χ4v) is 2.15. The molecular weight excluding hydrogens is 262 g/mol. The van der Waals surface area contributed by atoms with Gasteiger partial charge in [0.2, 0.25) is 0 Å². The van der Waals surface area contributed by atoms with Gasteiger partial charge in [0.25, 0.3) is 0 Å². The molecule has 3 nitrogen and oxygen atoms in total. The van der Waals surface area contributed by atoms with Crippen molar-refractivity contribution in [2.45, 2.75) is 39.2 Å². The van der Waals surface area contributed by atoms with Gasteiger partial charge in [-0.1, -0.05) is 37.8 Å². The molecule has 4 heteroatoms. The average Bonchev–Trinajstić information content (AvgIpc) is 2.43. The summed E-state index contributed by atoms with van der Waals surface area (Å²) in [5.41, 5.74) is 1.04. The van der Waals surface area contributed by atoms with Crippen molar-refractivity contribution in [2.24, 2.45) is 0 Å². The molecule has 0 fully saturated rings. The Bertz CT molecular complexity index is 383. The molecule has 1 N–H and O–H groups in total. The third kappa shape index (κ3) is 5.29. The molecule has 0 unspecified atom stereocenters. The number of hydrogen-bond acceptors (Lipinski definition) is 3. The average molecular weight is 286 g/mol. The first-order valence-corrected chi connectivity index (χ1v) is 7.21. The second-order valence-corrected chi connectivity index (χ2v) is 4.94. The van der Waals surface area contributed by atoms with E-state index in [9.17, 15) is 0 Å². The van der Waals surface area contributed by atoms with Crippen molar-refractivity contribution >= 4 is 11.6 Å². The third-order valence-electron chi connectivity index (χ3n) is 3.08. The van der Waals surface area contributed by atoms with Gasteiger partial charge in [-0.2, -0.15) is 0 Å². The minimum absolute atomic E-state index is 0.666. The van der Waals surface area contributed by atoms with E-state index in [0.717, 1.165) is 24.4 Å². The summed E-state index contributed by atoms with van der Waals surface area (Å²) in [5, 5.41) is 4.12. The number of ether oxygens (including phenoxy) is 2. The summed E-state index contributed by atoms with van der Waals surface area (Å²) in [6.07, 6.45) is 5.06. The van der Waals surface area contributed by atoms with Gasteiger partial charge in [-0.15, -0.1) is 0 Å². The first-order chi connectivity index (χ1) is 9.22. The van der Waals surface area contributed by atoms with Crippen LogP contribution in [0.15, 0.2) is 12.1 Å². The van der Waals surface area contributed by atoms with Crippen LogP contribution in [0.2, 0.25) is 5.02 Å². The lowest BCUT2D eigenvalue weighted by molar-refractivity contribution is 0.354. The largest absolute Gasteiger partial charge is 0.493 e. The maximum Gasteiger partial charge on any atom is 0.162 e. The molecule has 0 atom stereocenters. The van der Waals surface area contributed by atoms with Gasteiger partial charge in [0, 0.05) is 17.6 Å². The van der Waals surface area contributed by atoms with Gasteiger partial charge in [-0.25, -0.2) is 0 Å². The van der Waals surface area contributed by atoms with Crippen molar-refractivity contribution in [1.29, 1.82) is 0 Å². The Morgan fingerprint density at radius 3 is 2.37 bits per heavy atom. The third-order valence-corrected chi connectivity index (χ3v) is 3.43. The van der Waals surface area contributed by atoms with Crippen molar-refractivity contribution in [3.8, 4) is 11.5 Å². The van der Waals surface area contributed by atoms with E-state index in [-0.39, 0.29) is 0 Å². The second-order valence-electron chi connectivity index (χ2n) is 4.54. The fourth-order valence-electron chi connectivity index (χ4n) is 1.93. The van der Waals surface area contributed by atoms with E-state index in [1.54, 1.807) is 20.3 Å². The Balaban J connectivity index is 2.49. The number of rotatable bonds is 9. The first-order valence-electron chi connectivity index (χ1n) is 6.84. The number of methoxy groups -OCH3 is 2. The maximum absolute atomic E-state index is 6.22. The monoisotopic (exact) mass is 285 g/mol. The molecule has 0 aliphatic rings. The zero-order valence-corrected chi connectivity index (χ0v) is 12.8. The number of hydrogen-bond donors (Lipinski definition) is 1. The lowest BCUT2D eigenvalue weighted by Crippen LogP contribution is -2.15. The Morgan fingerprint density at radius 2 is 1.74 bits per heavy atom. The van der Waals surface area contributed by atoms with Gasteiger partial charge < -0.3 is 14.8 Å². The minimum Gasteiger partial charge on any atom is -0.493 e. The van der Waals surface area contributed by atoms with Crippen LogP contribution in [0.3, 0.4) is 0 Å². The molecule has 1 rings (SSSR count). The SMILES string of the molecule is CCCCCCNCc1cc(OC)c(OC)cc1Cl. The molecule has 0 radical (unpaired) electrons. The van der Waals surface area contributed by atoms with Crippen LogP contribution in [0.5, 0.6) is 11.5 Å². The minimum atomic E-state index is 0.666. The molecule has 0 aromatic heterocycles. The smallest absolute Gasteiger partial charge is 0.162 e. The molecule has 0 spiro atoms. The summed E-state index contributed by atoms with van der Waals surface area (Å²) >= 11 is 6.22. The summed E-state index contributed by atoms with van der Waals surface area (Å²) < 4.78 is 10.5. The zero-order valence-electron chi connectivity index (χ0n) is 12.1. The predicted molar refractivity (Wildman–Crippen MR) is 80.4 cm³/mol. The Kier molecular flexibility index (Phi) is 7.68. The molecular formula is C15H24ClNO2. The second kappa shape index (κ2) is 9.05. The fraction of sp³-hybridized carbons (Fsp3) is 0.600. The lowest BCUT2D eigenvalue weighted by atomic mass is 10.2. The molecule has 0 saturated heterocycles. The van der Waals surface area contributed by atoms with E-state index >= 15 is 0 Å². The molecule has 19 heavy (non-hydrogen) atoms. The number of benzene rings is 1. The van der Waals surface area contributed by atoms with Crippen molar-refractivity contribution in [3.63, 3.8) is 0 Å². The van der Waals surface area contributed by atoms with Gasteiger partial charge in [0.1, 0.15) is 0 Å². The maximum atomic E-state index is 6.22. The van der Waals surface area contributed by atoms with Gasteiger partial charge in [0.05, 0.1) is 14.2 Å². The van der Waals surface area contributed by atoms with Crippen molar-refractivity contribution in [3.05, 3.63) is 22.7 Å². The highest BCUT2D eigenvalue weighted by Gasteiger charge is 2.09. The van der Waals surface area contributed by atoms with E-state index in [0.29, 0.717) is 10.8 Å². The van der Waals surface area contributed by atoms with Gasteiger partial charge >= 0.3 is 0 Å². The highest BCUT2D eigenvalue weighted by molar-refractivity contribution is 6.31. The summed E-state index contributed by atoms with van der Waals surface area (Å²) in [6.45, 7) is 3.99. The van der Waals surface area contributed by atoms with E-state index < -0.39 is 0 Å². The molecule has 1 aromatic carbocycles. The van der Waals surface area contributed by atoms with E-state index in [1.807, 2.05) is 6.07 Å². The zero-order chi connectivity index (χ0) is 14.1. The van der Waals surface area contributed by atoms with Crippen LogP contribution < -0.4 is 14.8 Å². The van der Waals surface area contributed by atoms with Gasteiger partial charge in [-0.3, -0.25) is 0 Å². The van der Waals surface area contributed by atoms with Crippen LogP contribution in [0.1, 0.15) is 38.2 Å². The summed E-state index contributed by atoms with van der Waals surface area (Å²) in [4.78, 5) is 0. The molecule has 0 bridgehead atoms. The number of halogens is 1. The topological polar surface area (TPSA) is 30.5 Å². The standard InChI is InChI=1S/C15H24ClNO2/c1-4-5-6-7-8-17-11-12-9-14(18-2)15(19-3)10-13(12)16/h9-10,17H,4-8,11H2,1-3H3. The Hall–Kier alpha value is -0.930. The molecule has 108 valence electrons. The Labute approximate surface area is 121 Å². The van der Waals surface area contributed by atoms with Crippen LogP contribution in [-0.2, 0) is 6.54 Å². The summed E-state index contributed by atoms with van der Waals surface area (Å²) in [5.74, 6) is 1.38. The van der Waals surface area contributed by atoms with Crippen LogP contribution in [0.25, 0.3) is 0 Å². The quantitative estimate of drug-likeness (QED) is 0.695. The molecule has 1 aromatic rings. The van der Waals surface area contributed by atoms with Gasteiger partial charge in [0.15, 0.2) is 11.5 Å². The van der Waals surface area contributed by atoms with Gasteiger partial charge in [-0.05, 0) is 24.6 Å². The molecule has 0 saturated carbocycles. The van der Waals surface area contributed by atoms with Crippen LogP contribution in [0, 0.1) is 0 Å². The number of unbranched alkanes of at least 4 members (excludes halogenated alkanes) is 3. The van der Waals surface area contributed by atoms with Crippen LogP contribution >= 0.6 is 11.6 Å². The van der Waals surface area contributed by atoms with E-state index in [4.69, 9.17) is 21.1 Å². The Morgan fingerprint density at radius 1 is 1.05 bits per heavy atom. The molecule has 0 aliphatic carbocycles. The predicted octanol–water partition coefficient (Wildman–Crippen LogP) is 4.03. The van der Waals surface area contributed by atoms with Crippen molar-refractivity contribution < 1.29 is 9.47 Å². The first kappa shape index (κ1) is 16.1. The van der Waals surface area contributed by atoms with Crippen molar-refractivity contribution in [2.75, 3.05) is 20.8 Å². The lowest BCUT2D eigenvalue weighted by Gasteiger charge is -2.12. The number of nitrogens with one attached hydrogen (secondary N) is 1. The van der Waals surface area contributed by atoms with E-state index in [1.165, 1.54) is 25.7 Å². The summed E-state index contributed by atoms with van der Waals surface area (Å²) in [6, 6.07) is 3.73. The van der Waals surface area contributed by atoms with Crippen LogP contribution in [-0.4, -0.2) is 20.8 Å². The molecule has 0 amide bonds. The molecule has 0 aliphatic heterocycles. The molecule has 0 heterocycles. The van der Waals surface area contributed by atoms with Crippen molar-refractivity contribution in [1.82, 2.24) is 5.32 Å². The van der Waals surface area contributed by atoms with Crippen LogP contribution in [0.4, 0.5) is 0 Å². The highest BCUT2D eigenvalue weighted by atomic mass is 35.5. The summed E-state index contributed by atoms with van der Waals surface area (Å²) in [7, 11) is 3.24. The van der Waals surface area contributed by atoms with E-state index in [2.05, 4.69) is 12.2 Å².